The van der Waals surface area contributed by atoms with Crippen molar-refractivity contribution in [1.82, 2.24) is 0 Å². The highest BCUT2D eigenvalue weighted by atomic mass is 16.6. The SMILES string of the molecule is CC(=CCc1cc(C)c(OCC2CO2)c(C)c1)C(N)=O. The van der Waals surface area contributed by atoms with Crippen LogP contribution in [0.5, 0.6) is 5.75 Å². The Labute approximate surface area is 119 Å². The fourth-order valence-corrected chi connectivity index (χ4v) is 2.10. The Balaban J connectivity index is 2.08. The average Bonchev–Trinajstić information content (AvgIpc) is 3.18. The van der Waals surface area contributed by atoms with E-state index in [0.717, 1.165) is 29.0 Å². The smallest absolute Gasteiger partial charge is 0.244 e. The molecule has 20 heavy (non-hydrogen) atoms. The zero-order chi connectivity index (χ0) is 14.7. The highest BCUT2D eigenvalue weighted by molar-refractivity contribution is 5.91. The molecule has 1 aromatic rings. The largest absolute Gasteiger partial charge is 0.490 e. The van der Waals surface area contributed by atoms with Crippen LogP contribution in [0.1, 0.15) is 23.6 Å². The zero-order valence-corrected chi connectivity index (χ0v) is 12.2. The predicted molar refractivity (Wildman–Crippen MR) is 77.8 cm³/mol. The molecule has 1 aliphatic rings. The van der Waals surface area contributed by atoms with Crippen LogP contribution < -0.4 is 10.5 Å². The van der Waals surface area contributed by atoms with Gasteiger partial charge in [-0.3, -0.25) is 4.79 Å². The zero-order valence-electron chi connectivity index (χ0n) is 12.2. The lowest BCUT2D eigenvalue weighted by atomic mass is 10.0. The molecule has 1 aromatic carbocycles. The van der Waals surface area contributed by atoms with Crippen molar-refractivity contribution in [2.24, 2.45) is 5.73 Å². The van der Waals surface area contributed by atoms with E-state index in [0.29, 0.717) is 18.6 Å². The number of primary amides is 1. The molecule has 1 unspecified atom stereocenters. The Morgan fingerprint density at radius 1 is 1.45 bits per heavy atom. The molecule has 1 amide bonds. The molecule has 0 bridgehead atoms. The Morgan fingerprint density at radius 2 is 2.05 bits per heavy atom. The number of nitrogens with two attached hydrogens (primary N) is 1. The van der Waals surface area contributed by atoms with E-state index < -0.39 is 0 Å². The first kappa shape index (κ1) is 14.6. The third-order valence-electron chi connectivity index (χ3n) is 3.37. The first-order valence-corrected chi connectivity index (χ1v) is 6.78. The summed E-state index contributed by atoms with van der Waals surface area (Å²) in [6.45, 7) is 7.21. The molecule has 1 saturated heterocycles. The molecule has 1 fully saturated rings. The van der Waals surface area contributed by atoms with Gasteiger partial charge in [0, 0.05) is 5.57 Å². The summed E-state index contributed by atoms with van der Waals surface area (Å²) >= 11 is 0. The van der Waals surface area contributed by atoms with Gasteiger partial charge >= 0.3 is 0 Å². The third-order valence-corrected chi connectivity index (χ3v) is 3.37. The second kappa shape index (κ2) is 6.09. The number of aryl methyl sites for hydroxylation is 2. The van der Waals surface area contributed by atoms with E-state index in [1.165, 1.54) is 0 Å². The molecular formula is C16H21NO3. The first-order chi connectivity index (χ1) is 9.47. The second-order valence-corrected chi connectivity index (χ2v) is 5.28. The maximum Gasteiger partial charge on any atom is 0.244 e. The van der Waals surface area contributed by atoms with Gasteiger partial charge in [0.05, 0.1) is 6.61 Å². The molecule has 4 nitrogen and oxygen atoms in total. The summed E-state index contributed by atoms with van der Waals surface area (Å²) in [6, 6.07) is 4.17. The maximum atomic E-state index is 11.0. The van der Waals surface area contributed by atoms with Crippen molar-refractivity contribution in [2.45, 2.75) is 33.3 Å². The number of ether oxygens (including phenoxy) is 2. The predicted octanol–water partition coefficient (Wildman–Crippen LogP) is 2.06. The van der Waals surface area contributed by atoms with Gasteiger partial charge in [0.1, 0.15) is 18.5 Å². The van der Waals surface area contributed by atoms with Gasteiger partial charge in [0.2, 0.25) is 5.91 Å². The Bertz CT molecular complexity index is 522. The van der Waals surface area contributed by atoms with Crippen LogP contribution in [0.15, 0.2) is 23.8 Å². The van der Waals surface area contributed by atoms with Gasteiger partial charge < -0.3 is 15.2 Å². The van der Waals surface area contributed by atoms with Gasteiger partial charge in [-0.05, 0) is 43.9 Å². The van der Waals surface area contributed by atoms with Crippen LogP contribution in [-0.2, 0) is 16.0 Å². The van der Waals surface area contributed by atoms with Crippen molar-refractivity contribution in [3.05, 3.63) is 40.5 Å². The molecule has 1 heterocycles. The summed E-state index contributed by atoms with van der Waals surface area (Å²) in [5.41, 5.74) is 9.16. The molecule has 2 rings (SSSR count). The minimum atomic E-state index is -0.372. The Kier molecular flexibility index (Phi) is 4.45. The number of hydrogen-bond donors (Lipinski definition) is 1. The number of carbonyl (C=O) groups is 1. The van der Waals surface area contributed by atoms with Gasteiger partial charge in [-0.15, -0.1) is 0 Å². The number of hydrogen-bond acceptors (Lipinski definition) is 3. The summed E-state index contributed by atoms with van der Waals surface area (Å²) in [6.07, 6.45) is 2.81. The van der Waals surface area contributed by atoms with Gasteiger partial charge in [-0.25, -0.2) is 0 Å². The molecule has 0 saturated carbocycles. The Morgan fingerprint density at radius 3 is 2.55 bits per heavy atom. The number of epoxide rings is 1. The first-order valence-electron chi connectivity index (χ1n) is 6.78. The average molecular weight is 275 g/mol. The van der Waals surface area contributed by atoms with Crippen LogP contribution >= 0.6 is 0 Å². The van der Waals surface area contributed by atoms with Gasteiger partial charge in [-0.2, -0.15) is 0 Å². The van der Waals surface area contributed by atoms with E-state index in [2.05, 4.69) is 12.1 Å². The molecule has 1 atom stereocenters. The van der Waals surface area contributed by atoms with E-state index in [-0.39, 0.29) is 12.0 Å². The molecule has 108 valence electrons. The van der Waals surface area contributed by atoms with Crippen LogP contribution in [0, 0.1) is 13.8 Å². The van der Waals surface area contributed by atoms with Gasteiger partial charge in [0.15, 0.2) is 0 Å². The highest BCUT2D eigenvalue weighted by Crippen LogP contribution is 2.26. The van der Waals surface area contributed by atoms with Crippen molar-refractivity contribution in [3.8, 4) is 5.75 Å². The Hall–Kier alpha value is -1.81. The lowest BCUT2D eigenvalue weighted by Gasteiger charge is -2.13. The number of benzene rings is 1. The lowest BCUT2D eigenvalue weighted by Crippen LogP contribution is -2.11. The minimum Gasteiger partial charge on any atom is -0.490 e. The molecule has 0 aromatic heterocycles. The number of rotatable bonds is 6. The second-order valence-electron chi connectivity index (χ2n) is 5.28. The van der Waals surface area contributed by atoms with Crippen molar-refractivity contribution < 1.29 is 14.3 Å². The number of amides is 1. The van der Waals surface area contributed by atoms with E-state index in [4.69, 9.17) is 15.2 Å². The van der Waals surface area contributed by atoms with Crippen LogP contribution in [-0.4, -0.2) is 25.2 Å². The van der Waals surface area contributed by atoms with Gasteiger partial charge in [0.25, 0.3) is 0 Å². The van der Waals surface area contributed by atoms with Gasteiger partial charge in [-0.1, -0.05) is 18.2 Å². The summed E-state index contributed by atoms with van der Waals surface area (Å²) in [5, 5.41) is 0. The normalized spacial score (nSPS) is 17.9. The van der Waals surface area contributed by atoms with Crippen LogP contribution in [0.2, 0.25) is 0 Å². The third kappa shape index (κ3) is 3.84. The molecule has 4 heteroatoms. The molecule has 1 aliphatic heterocycles. The van der Waals surface area contributed by atoms with Crippen molar-refractivity contribution in [2.75, 3.05) is 13.2 Å². The summed E-state index contributed by atoms with van der Waals surface area (Å²) in [4.78, 5) is 11.0. The maximum absolute atomic E-state index is 11.0. The van der Waals surface area contributed by atoms with Crippen molar-refractivity contribution in [1.29, 1.82) is 0 Å². The molecule has 0 spiro atoms. The number of allylic oxidation sites excluding steroid dienone is 1. The van der Waals surface area contributed by atoms with E-state index in [1.807, 2.05) is 19.9 Å². The van der Waals surface area contributed by atoms with Crippen molar-refractivity contribution in [3.63, 3.8) is 0 Å². The summed E-state index contributed by atoms with van der Waals surface area (Å²) < 4.78 is 10.9. The lowest BCUT2D eigenvalue weighted by molar-refractivity contribution is -0.114. The quantitative estimate of drug-likeness (QED) is 0.638. The van der Waals surface area contributed by atoms with Crippen molar-refractivity contribution >= 4 is 5.91 Å². The summed E-state index contributed by atoms with van der Waals surface area (Å²) in [7, 11) is 0. The van der Waals surface area contributed by atoms with Crippen LogP contribution in [0.4, 0.5) is 0 Å². The monoisotopic (exact) mass is 275 g/mol. The molecular weight excluding hydrogens is 254 g/mol. The fraction of sp³-hybridized carbons (Fsp3) is 0.438. The standard InChI is InChI=1S/C16H21NO3/c1-10(16(17)18)4-5-13-6-11(2)15(12(3)7-13)20-9-14-8-19-14/h4,6-7,14H,5,8-9H2,1-3H3,(H2,17,18). The molecule has 0 radical (unpaired) electrons. The molecule has 0 aliphatic carbocycles. The topological polar surface area (TPSA) is 64.8 Å². The highest BCUT2D eigenvalue weighted by Gasteiger charge is 2.23. The van der Waals surface area contributed by atoms with E-state index in [9.17, 15) is 4.79 Å². The fourth-order valence-electron chi connectivity index (χ4n) is 2.10. The molecule has 2 N–H and O–H groups in total. The summed E-state index contributed by atoms with van der Waals surface area (Å²) in [5.74, 6) is 0.558. The van der Waals surface area contributed by atoms with Crippen LogP contribution in [0.25, 0.3) is 0 Å². The van der Waals surface area contributed by atoms with E-state index >= 15 is 0 Å². The van der Waals surface area contributed by atoms with Crippen LogP contribution in [0.3, 0.4) is 0 Å². The van der Waals surface area contributed by atoms with E-state index in [1.54, 1.807) is 6.92 Å². The minimum absolute atomic E-state index is 0.259. The number of carbonyl (C=O) groups excluding carboxylic acids is 1.